The molecule has 0 bridgehead atoms. The Kier molecular flexibility index (Phi) is 4.56. The third-order valence-electron chi connectivity index (χ3n) is 6.65. The first-order chi connectivity index (χ1) is 17.6. The fourth-order valence-electron chi connectivity index (χ4n) is 4.92. The lowest BCUT2D eigenvalue weighted by Crippen LogP contribution is -2.24. The van der Waals surface area contributed by atoms with E-state index in [1.54, 1.807) is 17.0 Å². The van der Waals surface area contributed by atoms with Gasteiger partial charge in [-0.2, -0.15) is 5.10 Å². The highest BCUT2D eigenvalue weighted by atomic mass is 19.1. The van der Waals surface area contributed by atoms with Crippen LogP contribution in [0.1, 0.15) is 24.4 Å². The summed E-state index contributed by atoms with van der Waals surface area (Å²) in [4.78, 5) is 17.5. The molecule has 0 spiro atoms. The topological polar surface area (TPSA) is 104 Å². The summed E-state index contributed by atoms with van der Waals surface area (Å²) in [5.74, 6) is 0.941. The number of fused-ring (bicyclic) bond motifs is 2. The van der Waals surface area contributed by atoms with Crippen LogP contribution in [0, 0.1) is 11.6 Å². The van der Waals surface area contributed by atoms with Gasteiger partial charge in [0.15, 0.2) is 17.3 Å². The lowest BCUT2D eigenvalue weighted by Gasteiger charge is -2.26. The van der Waals surface area contributed by atoms with Crippen molar-refractivity contribution in [2.45, 2.75) is 18.9 Å². The molecule has 36 heavy (non-hydrogen) atoms. The Hall–Kier alpha value is -4.67. The number of halogens is 2. The molecule has 0 aliphatic carbocycles. The zero-order valence-electron chi connectivity index (χ0n) is 18.9. The number of aromatic amines is 2. The summed E-state index contributed by atoms with van der Waals surface area (Å²) in [6.07, 6.45) is 6.71. The number of aromatic nitrogens is 8. The predicted octanol–water partition coefficient (Wildman–Crippen LogP) is 4.68. The van der Waals surface area contributed by atoms with Gasteiger partial charge in [-0.3, -0.25) is 0 Å². The number of hydrogen-bond acceptors (Lipinski definition) is 6. The maximum absolute atomic E-state index is 14.6. The van der Waals surface area contributed by atoms with Crippen molar-refractivity contribution in [3.8, 4) is 22.8 Å². The Bertz CT molecular complexity index is 1730. The third kappa shape index (κ3) is 3.31. The number of nitrogens with one attached hydrogen (secondary N) is 2. The first-order valence-corrected chi connectivity index (χ1v) is 11.6. The summed E-state index contributed by atoms with van der Waals surface area (Å²) in [5, 5.41) is 13.1. The van der Waals surface area contributed by atoms with Gasteiger partial charge >= 0.3 is 0 Å². The molecule has 9 nitrogen and oxygen atoms in total. The van der Waals surface area contributed by atoms with Gasteiger partial charge in [-0.1, -0.05) is 0 Å². The van der Waals surface area contributed by atoms with Crippen molar-refractivity contribution in [1.82, 2.24) is 39.7 Å². The van der Waals surface area contributed by atoms with Crippen molar-refractivity contribution >= 4 is 22.5 Å². The monoisotopic (exact) mass is 483 g/mol. The Morgan fingerprint density at radius 1 is 1.00 bits per heavy atom. The average molecular weight is 483 g/mol. The summed E-state index contributed by atoms with van der Waals surface area (Å²) in [6.45, 7) is 0.690. The van der Waals surface area contributed by atoms with Gasteiger partial charge in [0.25, 0.3) is 0 Å². The van der Waals surface area contributed by atoms with E-state index < -0.39 is 11.6 Å². The van der Waals surface area contributed by atoms with Gasteiger partial charge in [-0.05, 0) is 55.3 Å². The van der Waals surface area contributed by atoms with Crippen molar-refractivity contribution in [3.63, 3.8) is 0 Å². The predicted molar refractivity (Wildman–Crippen MR) is 129 cm³/mol. The van der Waals surface area contributed by atoms with E-state index in [0.717, 1.165) is 29.1 Å². The van der Waals surface area contributed by atoms with E-state index in [1.807, 2.05) is 35.4 Å². The molecule has 1 aliphatic heterocycles. The molecule has 1 atom stereocenters. The molecule has 178 valence electrons. The Morgan fingerprint density at radius 2 is 1.92 bits per heavy atom. The molecule has 11 heteroatoms. The van der Waals surface area contributed by atoms with Gasteiger partial charge in [0.1, 0.15) is 17.5 Å². The van der Waals surface area contributed by atoms with Crippen LogP contribution in [-0.2, 0) is 0 Å². The molecular weight excluding hydrogens is 464 g/mol. The van der Waals surface area contributed by atoms with Gasteiger partial charge in [-0.15, -0.1) is 10.2 Å². The van der Waals surface area contributed by atoms with Gasteiger partial charge in [0, 0.05) is 23.9 Å². The molecule has 0 radical (unpaired) electrons. The minimum atomic E-state index is -0.451. The molecule has 1 fully saturated rings. The lowest BCUT2D eigenvalue weighted by atomic mass is 10.0. The van der Waals surface area contributed by atoms with E-state index in [1.165, 1.54) is 12.1 Å². The molecule has 0 amide bonds. The number of hydrogen-bond donors (Lipinski definition) is 2. The normalized spacial score (nSPS) is 15.9. The zero-order chi connectivity index (χ0) is 24.2. The molecule has 4 aromatic heterocycles. The molecule has 1 aliphatic rings. The average Bonchev–Trinajstić information content (AvgIpc) is 3.70. The number of nitrogens with zero attached hydrogens (tertiary/aromatic N) is 7. The Morgan fingerprint density at radius 3 is 2.86 bits per heavy atom. The van der Waals surface area contributed by atoms with Crippen molar-refractivity contribution in [1.29, 1.82) is 0 Å². The van der Waals surface area contributed by atoms with E-state index in [0.29, 0.717) is 47.2 Å². The first kappa shape index (κ1) is 20.7. The highest BCUT2D eigenvalue weighted by Crippen LogP contribution is 2.37. The van der Waals surface area contributed by atoms with Crippen molar-refractivity contribution < 1.29 is 8.78 Å². The fourth-order valence-corrected chi connectivity index (χ4v) is 4.92. The number of imidazole rings is 1. The summed E-state index contributed by atoms with van der Waals surface area (Å²) < 4.78 is 30.1. The van der Waals surface area contributed by atoms with Crippen LogP contribution in [0.3, 0.4) is 0 Å². The lowest BCUT2D eigenvalue weighted by molar-refractivity contribution is 0.560. The van der Waals surface area contributed by atoms with E-state index >= 15 is 0 Å². The van der Waals surface area contributed by atoms with Crippen LogP contribution in [0.4, 0.5) is 14.6 Å². The number of anilines is 1. The first-order valence-electron chi connectivity index (χ1n) is 11.6. The third-order valence-corrected chi connectivity index (χ3v) is 6.65. The van der Waals surface area contributed by atoms with Crippen LogP contribution in [0.15, 0.2) is 61.2 Å². The van der Waals surface area contributed by atoms with E-state index in [9.17, 15) is 8.78 Å². The van der Waals surface area contributed by atoms with Gasteiger partial charge in [0.05, 0.1) is 35.2 Å². The van der Waals surface area contributed by atoms with E-state index in [4.69, 9.17) is 4.98 Å². The van der Waals surface area contributed by atoms with Crippen LogP contribution in [0.5, 0.6) is 0 Å². The van der Waals surface area contributed by atoms with Crippen molar-refractivity contribution in [3.05, 3.63) is 78.4 Å². The highest BCUT2D eigenvalue weighted by molar-refractivity contribution is 5.80. The molecular formula is C25H19F2N9. The smallest absolute Gasteiger partial charge is 0.168 e. The van der Waals surface area contributed by atoms with Crippen LogP contribution >= 0.6 is 0 Å². The summed E-state index contributed by atoms with van der Waals surface area (Å²) >= 11 is 0. The Labute approximate surface area is 202 Å². The van der Waals surface area contributed by atoms with Gasteiger partial charge in [0.2, 0.25) is 0 Å². The standard InChI is InChI=1S/C25H19F2N9/c26-15-4-5-18(27)16(11-15)21-2-1-8-35(21)22-7-9-36-25(31-22)17(12-30-36)24-32-23(33-34-24)14-3-6-19-20(10-14)29-13-28-19/h3-7,9-13,21H,1-2,8H2,(H,28,29)(H,32,33,34)/t21-/m1/s1. The maximum Gasteiger partial charge on any atom is 0.168 e. The van der Waals surface area contributed by atoms with Crippen LogP contribution in [0.2, 0.25) is 0 Å². The maximum atomic E-state index is 14.6. The second-order valence-corrected chi connectivity index (χ2v) is 8.79. The number of rotatable bonds is 4. The largest absolute Gasteiger partial charge is 0.349 e. The second-order valence-electron chi connectivity index (χ2n) is 8.79. The van der Waals surface area contributed by atoms with Crippen LogP contribution in [0.25, 0.3) is 39.5 Å². The summed E-state index contributed by atoms with van der Waals surface area (Å²) in [6, 6.07) is 10.9. The second kappa shape index (κ2) is 7.94. The van der Waals surface area contributed by atoms with Gasteiger partial charge < -0.3 is 14.9 Å². The quantitative estimate of drug-likeness (QED) is 0.378. The fraction of sp³-hybridized carbons (Fsp3) is 0.160. The summed E-state index contributed by atoms with van der Waals surface area (Å²) in [5.41, 5.74) is 4.26. The molecule has 7 rings (SSSR count). The SMILES string of the molecule is Fc1ccc(F)c([C@H]2CCCN2c2ccn3ncc(-c4nnc(-c5ccc6nc[nH]c6c5)[nH]4)c3n2)c1. The molecule has 0 unspecified atom stereocenters. The molecule has 6 aromatic rings. The molecule has 2 aromatic carbocycles. The van der Waals surface area contributed by atoms with E-state index in [2.05, 4.69) is 30.2 Å². The van der Waals surface area contributed by atoms with Gasteiger partial charge in [-0.25, -0.2) is 23.3 Å². The minimum absolute atomic E-state index is 0.295. The minimum Gasteiger partial charge on any atom is -0.349 e. The van der Waals surface area contributed by atoms with Crippen LogP contribution in [-0.4, -0.2) is 46.3 Å². The molecule has 0 saturated carbocycles. The summed E-state index contributed by atoms with van der Waals surface area (Å²) in [7, 11) is 0. The van der Waals surface area contributed by atoms with Crippen molar-refractivity contribution in [2.75, 3.05) is 11.4 Å². The molecule has 5 heterocycles. The number of benzene rings is 2. The Balaban J connectivity index is 1.25. The molecule has 2 N–H and O–H groups in total. The molecule has 1 saturated heterocycles. The zero-order valence-corrected chi connectivity index (χ0v) is 18.9. The van der Waals surface area contributed by atoms with E-state index in [-0.39, 0.29) is 6.04 Å². The highest BCUT2D eigenvalue weighted by Gasteiger charge is 2.30. The number of H-pyrrole nitrogens is 2. The van der Waals surface area contributed by atoms with Crippen LogP contribution < -0.4 is 4.90 Å². The van der Waals surface area contributed by atoms with Crippen molar-refractivity contribution in [2.24, 2.45) is 0 Å².